The third kappa shape index (κ3) is 7.41. The Morgan fingerprint density at radius 3 is 1.58 bits per heavy atom. The van der Waals surface area contributed by atoms with Gasteiger partial charge in [-0.15, -0.1) is 0 Å². The van der Waals surface area contributed by atoms with Crippen LogP contribution in [0.25, 0.3) is 71.0 Å². The Hall–Kier alpha value is -9.38. The number of nitrogens with zero attached hydrogens (tertiary/aromatic N) is 3. The van der Waals surface area contributed by atoms with E-state index in [0.717, 1.165) is 89.7 Å². The molecule has 1 aromatic heterocycles. The second-order valence-corrected chi connectivity index (χ2v) is 18.1. The maximum atomic E-state index is 6.60. The predicted molar refractivity (Wildman–Crippen MR) is 301 cm³/mol. The average Bonchev–Trinajstić information content (AvgIpc) is 3.85. The van der Waals surface area contributed by atoms with Gasteiger partial charge in [-0.05, 0) is 146 Å². The van der Waals surface area contributed by atoms with Crippen LogP contribution in [0.15, 0.2) is 278 Å². The van der Waals surface area contributed by atoms with E-state index in [1.54, 1.807) is 0 Å². The molecule has 1 aliphatic heterocycles. The highest BCUT2D eigenvalue weighted by atomic mass is 16.3. The molecule has 71 heavy (non-hydrogen) atoms. The van der Waals surface area contributed by atoms with Crippen molar-refractivity contribution in [3.05, 3.63) is 279 Å². The molecule has 2 heterocycles. The van der Waals surface area contributed by atoms with Crippen molar-refractivity contribution in [3.8, 4) is 11.1 Å². The number of rotatable bonds is 8. The molecule has 0 fully saturated rings. The number of benzene rings is 11. The number of furan rings is 1. The minimum absolute atomic E-state index is 0.632. The third-order valence-corrected chi connectivity index (χ3v) is 14.0. The molecular formula is C67H47N3O. The molecule has 13 rings (SSSR count). The van der Waals surface area contributed by atoms with Gasteiger partial charge in [-0.2, -0.15) is 0 Å². The summed E-state index contributed by atoms with van der Waals surface area (Å²) < 4.78 is 6.60. The topological polar surface area (TPSA) is 22.9 Å². The molecule has 0 aliphatic carbocycles. The van der Waals surface area contributed by atoms with Crippen molar-refractivity contribution in [2.75, 3.05) is 21.2 Å². The van der Waals surface area contributed by atoms with E-state index in [0.29, 0.717) is 6.54 Å². The molecule has 0 radical (unpaired) electrons. The smallest absolute Gasteiger partial charge is 0.159 e. The molecule has 4 nitrogen and oxygen atoms in total. The van der Waals surface area contributed by atoms with E-state index < -0.39 is 0 Å². The van der Waals surface area contributed by atoms with Crippen molar-refractivity contribution >= 4 is 99.6 Å². The summed E-state index contributed by atoms with van der Waals surface area (Å²) in [7, 11) is 0. The first-order valence-corrected chi connectivity index (χ1v) is 24.2. The van der Waals surface area contributed by atoms with Crippen molar-refractivity contribution in [2.45, 2.75) is 0 Å². The Balaban J connectivity index is 0.954. The number of hydrogen-bond acceptors (Lipinski definition) is 4. The molecule has 0 saturated heterocycles. The first-order chi connectivity index (χ1) is 35.1. The monoisotopic (exact) mass is 909 g/mol. The Bertz CT molecular complexity index is 3970. The zero-order chi connectivity index (χ0) is 47.3. The summed E-state index contributed by atoms with van der Waals surface area (Å²) in [6, 6.07) is 86.7. The van der Waals surface area contributed by atoms with Crippen LogP contribution < -0.4 is 14.7 Å². The maximum Gasteiger partial charge on any atom is 0.159 e. The highest BCUT2D eigenvalue weighted by molar-refractivity contribution is 6.25. The van der Waals surface area contributed by atoms with Gasteiger partial charge in [0.25, 0.3) is 0 Å². The van der Waals surface area contributed by atoms with Crippen molar-refractivity contribution in [2.24, 2.45) is 0 Å². The minimum atomic E-state index is 0.632. The summed E-state index contributed by atoms with van der Waals surface area (Å²) in [6.45, 7) is 5.50. The van der Waals surface area contributed by atoms with E-state index in [9.17, 15) is 0 Å². The minimum Gasteiger partial charge on any atom is -0.454 e. The predicted octanol–water partition coefficient (Wildman–Crippen LogP) is 18.6. The third-order valence-electron chi connectivity index (χ3n) is 14.0. The van der Waals surface area contributed by atoms with Crippen LogP contribution in [0.2, 0.25) is 0 Å². The molecule has 0 unspecified atom stereocenters. The van der Waals surface area contributed by atoms with E-state index in [4.69, 9.17) is 11.0 Å². The Labute approximate surface area is 413 Å². The number of hydrogen-bond donors (Lipinski definition) is 0. The first-order valence-electron chi connectivity index (χ1n) is 24.2. The van der Waals surface area contributed by atoms with Gasteiger partial charge in [0.1, 0.15) is 5.58 Å². The molecule has 0 bridgehead atoms. The molecule has 0 spiro atoms. The fourth-order valence-corrected chi connectivity index (χ4v) is 10.7. The Morgan fingerprint density at radius 2 is 0.930 bits per heavy atom. The van der Waals surface area contributed by atoms with Gasteiger partial charge < -0.3 is 19.1 Å². The quantitative estimate of drug-likeness (QED) is 0.142. The van der Waals surface area contributed by atoms with Crippen LogP contribution in [0.5, 0.6) is 0 Å². The molecular weight excluding hydrogens is 863 g/mol. The van der Waals surface area contributed by atoms with Gasteiger partial charge in [0.15, 0.2) is 5.58 Å². The molecule has 0 N–H and O–H groups in total. The van der Waals surface area contributed by atoms with Gasteiger partial charge in [-0.1, -0.05) is 170 Å². The van der Waals surface area contributed by atoms with Gasteiger partial charge in [-0.3, -0.25) is 0 Å². The summed E-state index contributed by atoms with van der Waals surface area (Å²) in [4.78, 5) is 7.05. The largest absolute Gasteiger partial charge is 0.454 e. The molecule has 12 aromatic rings. The van der Waals surface area contributed by atoms with E-state index in [2.05, 4.69) is 263 Å². The number of para-hydroxylation sites is 5. The second kappa shape index (κ2) is 17.6. The Morgan fingerprint density at radius 1 is 0.408 bits per heavy atom. The van der Waals surface area contributed by atoms with Gasteiger partial charge in [-0.25, -0.2) is 0 Å². The molecule has 4 heteroatoms. The van der Waals surface area contributed by atoms with Crippen LogP contribution in [0, 0.1) is 0 Å². The van der Waals surface area contributed by atoms with Crippen molar-refractivity contribution in [1.82, 2.24) is 0 Å². The highest BCUT2D eigenvalue weighted by Crippen LogP contribution is 2.45. The molecule has 11 aromatic carbocycles. The Kier molecular flexibility index (Phi) is 10.4. The lowest BCUT2D eigenvalue weighted by molar-refractivity contribution is 0.669. The normalized spacial score (nSPS) is 13.9. The lowest BCUT2D eigenvalue weighted by Gasteiger charge is -2.28. The molecule has 336 valence electrons. The zero-order valence-corrected chi connectivity index (χ0v) is 39.0. The summed E-state index contributed by atoms with van der Waals surface area (Å²) >= 11 is 0. The van der Waals surface area contributed by atoms with Crippen LogP contribution in [-0.2, 0) is 0 Å². The summed E-state index contributed by atoms with van der Waals surface area (Å²) in [6.07, 6.45) is 6.77. The lowest BCUT2D eigenvalue weighted by Crippen LogP contribution is -2.18. The SMILES string of the molecule is C=C1/C=C(N(c2ccccc2)c2ccccc2)\C=C/CN(c2ccc3c4ccccc4c4ccccc4c3c2)c2ccc(-c3ccc(N(c4ccccc4)c4cccc5c4oc4ccccc45)cc3)cc21. The number of fused-ring (bicyclic) bond motifs is 10. The van der Waals surface area contributed by atoms with Gasteiger partial charge >= 0.3 is 0 Å². The highest BCUT2D eigenvalue weighted by Gasteiger charge is 2.23. The summed E-state index contributed by atoms with van der Waals surface area (Å²) in [5, 5.41) is 9.72. The van der Waals surface area contributed by atoms with Crippen LogP contribution in [0.4, 0.5) is 39.8 Å². The van der Waals surface area contributed by atoms with Crippen LogP contribution in [0.3, 0.4) is 0 Å². The van der Waals surface area contributed by atoms with Crippen LogP contribution in [-0.4, -0.2) is 6.54 Å². The van der Waals surface area contributed by atoms with Crippen molar-refractivity contribution in [1.29, 1.82) is 0 Å². The van der Waals surface area contributed by atoms with Crippen LogP contribution in [0.1, 0.15) is 5.56 Å². The van der Waals surface area contributed by atoms with Crippen molar-refractivity contribution < 1.29 is 4.42 Å². The van der Waals surface area contributed by atoms with E-state index in [-0.39, 0.29) is 0 Å². The molecule has 0 amide bonds. The van der Waals surface area contributed by atoms with Crippen molar-refractivity contribution in [3.63, 3.8) is 0 Å². The summed E-state index contributed by atoms with van der Waals surface area (Å²) in [5.41, 5.74) is 14.3. The second-order valence-electron chi connectivity index (χ2n) is 18.1. The van der Waals surface area contributed by atoms with Gasteiger partial charge in [0.05, 0.1) is 5.69 Å². The maximum absolute atomic E-state index is 6.60. The molecule has 0 atom stereocenters. The lowest BCUT2D eigenvalue weighted by atomic mass is 9.93. The van der Waals surface area contributed by atoms with E-state index in [1.807, 2.05) is 12.1 Å². The van der Waals surface area contributed by atoms with E-state index >= 15 is 0 Å². The average molecular weight is 910 g/mol. The number of allylic oxidation sites excluding steroid dienone is 3. The first kappa shape index (κ1) is 41.8. The summed E-state index contributed by atoms with van der Waals surface area (Å²) in [5.74, 6) is 0. The fourth-order valence-electron chi connectivity index (χ4n) is 10.7. The standard InChI is InChI=1S/C67H47N3O/c1-46-43-54(69(49-19-5-2-6-20-49)50-21-7-3-8-22-50)25-18-42-68(53-39-40-59-57-28-12-11-26-55(57)56-27-13-14-29-58(56)63(59)45-53)64-41-36-48(44-62(46)64)47-34-37-52(38-35-47)70(51-23-9-4-10-24-51)65-32-17-31-61-60-30-15-16-33-66(60)71-67(61)65/h2-41,43-45H,1,42H2/b25-18-,54-43+. The number of anilines is 7. The zero-order valence-electron chi connectivity index (χ0n) is 39.0. The molecule has 1 aliphatic rings. The van der Waals surface area contributed by atoms with E-state index in [1.165, 1.54) is 32.3 Å². The van der Waals surface area contributed by atoms with Crippen LogP contribution >= 0.6 is 0 Å². The molecule has 0 saturated carbocycles. The fraction of sp³-hybridized carbons (Fsp3) is 0.0149. The van der Waals surface area contributed by atoms with Gasteiger partial charge in [0.2, 0.25) is 0 Å². The van der Waals surface area contributed by atoms with Gasteiger partial charge in [0, 0.05) is 62.7 Å².